The summed E-state index contributed by atoms with van der Waals surface area (Å²) >= 11 is 2.68. The first kappa shape index (κ1) is 13.3. The van der Waals surface area contributed by atoms with Crippen LogP contribution in [0.2, 0.25) is 0 Å². The number of rotatable bonds is 3. The van der Waals surface area contributed by atoms with Gasteiger partial charge in [-0.1, -0.05) is 23.1 Å². The normalized spacial score (nSPS) is 11.7. The van der Waals surface area contributed by atoms with Crippen LogP contribution in [0.3, 0.4) is 0 Å². The molecule has 2 aromatic rings. The Morgan fingerprint density at radius 3 is 2.67 bits per heavy atom. The van der Waals surface area contributed by atoms with Crippen molar-refractivity contribution in [1.82, 2.24) is 10.2 Å². The number of benzene rings is 1. The number of nitrogen functional groups attached to an aromatic ring is 1. The van der Waals surface area contributed by atoms with Crippen LogP contribution in [0.25, 0.3) is 0 Å². The summed E-state index contributed by atoms with van der Waals surface area (Å²) in [6.45, 7) is 1.68. The van der Waals surface area contributed by atoms with E-state index in [1.807, 2.05) is 0 Å². The second kappa shape index (κ2) is 4.84. The highest BCUT2D eigenvalue weighted by Gasteiger charge is 2.16. The number of hydrogen-bond acceptors (Lipinski definition) is 7. The van der Waals surface area contributed by atoms with E-state index in [2.05, 4.69) is 10.2 Å². The smallest absolute Gasteiger partial charge is 0.238 e. The van der Waals surface area contributed by atoms with Gasteiger partial charge in [-0.25, -0.2) is 13.6 Å². The molecule has 4 N–H and O–H groups in total. The summed E-state index contributed by atoms with van der Waals surface area (Å²) in [4.78, 5) is 0.741. The average molecular weight is 302 g/mol. The molecule has 0 aliphatic heterocycles. The second-order valence-corrected chi connectivity index (χ2v) is 7.15. The van der Waals surface area contributed by atoms with Gasteiger partial charge in [0.2, 0.25) is 10.0 Å². The molecule has 6 nitrogen and oxygen atoms in total. The summed E-state index contributed by atoms with van der Waals surface area (Å²) in [7, 11) is -3.78. The molecule has 2 rings (SSSR count). The molecule has 0 fully saturated rings. The molecule has 0 amide bonds. The first-order valence-electron chi connectivity index (χ1n) is 4.75. The maximum absolute atomic E-state index is 11.4. The molecule has 9 heteroatoms. The monoisotopic (exact) mass is 302 g/mol. The van der Waals surface area contributed by atoms with Gasteiger partial charge in [-0.15, -0.1) is 10.2 Å². The van der Waals surface area contributed by atoms with E-state index in [1.165, 1.54) is 29.2 Å². The predicted molar refractivity (Wildman–Crippen MR) is 71.0 cm³/mol. The van der Waals surface area contributed by atoms with Crippen molar-refractivity contribution in [3.8, 4) is 0 Å². The molecule has 0 bridgehead atoms. The maximum atomic E-state index is 11.4. The Morgan fingerprint density at radius 1 is 1.39 bits per heavy atom. The van der Waals surface area contributed by atoms with Gasteiger partial charge in [0.25, 0.3) is 0 Å². The van der Waals surface area contributed by atoms with Crippen LogP contribution in [0.4, 0.5) is 5.69 Å². The molecule has 0 radical (unpaired) electrons. The van der Waals surface area contributed by atoms with Crippen molar-refractivity contribution in [2.24, 2.45) is 5.14 Å². The first-order chi connectivity index (χ1) is 8.38. The molecule has 96 valence electrons. The fraction of sp³-hybridized carbons (Fsp3) is 0.111. The molecule has 1 heterocycles. The van der Waals surface area contributed by atoms with Crippen LogP contribution >= 0.6 is 23.1 Å². The van der Waals surface area contributed by atoms with Crippen LogP contribution in [0, 0.1) is 6.92 Å². The molecule has 0 aliphatic carbocycles. The largest absolute Gasteiger partial charge is 0.399 e. The van der Waals surface area contributed by atoms with E-state index in [0.717, 1.165) is 0 Å². The first-order valence-corrected chi connectivity index (χ1v) is 7.99. The lowest BCUT2D eigenvalue weighted by atomic mass is 10.2. The number of aromatic nitrogens is 2. The van der Waals surface area contributed by atoms with Crippen molar-refractivity contribution >= 4 is 38.8 Å². The molecule has 0 atom stereocenters. The summed E-state index contributed by atoms with van der Waals surface area (Å²) in [6, 6.07) is 3.05. The third-order valence-corrected chi connectivity index (χ3v) is 5.14. The van der Waals surface area contributed by atoms with Crippen molar-refractivity contribution < 1.29 is 8.42 Å². The highest BCUT2D eigenvalue weighted by molar-refractivity contribution is 8.01. The summed E-state index contributed by atoms with van der Waals surface area (Å²) in [5.41, 5.74) is 8.20. The molecule has 0 saturated carbocycles. The van der Waals surface area contributed by atoms with Gasteiger partial charge in [-0.3, -0.25) is 0 Å². The average Bonchev–Trinajstić information content (AvgIpc) is 2.74. The molecule has 0 saturated heterocycles. The van der Waals surface area contributed by atoms with E-state index in [1.54, 1.807) is 18.5 Å². The summed E-state index contributed by atoms with van der Waals surface area (Å²) in [5.74, 6) is 0. The van der Waals surface area contributed by atoms with Crippen LogP contribution in [0.1, 0.15) is 5.56 Å². The maximum Gasteiger partial charge on any atom is 0.238 e. The Bertz CT molecular complexity index is 667. The van der Waals surface area contributed by atoms with Crippen LogP contribution < -0.4 is 10.9 Å². The van der Waals surface area contributed by atoms with Gasteiger partial charge in [0.05, 0.1) is 4.90 Å². The lowest BCUT2D eigenvalue weighted by Crippen LogP contribution is -2.14. The zero-order valence-corrected chi connectivity index (χ0v) is 11.8. The number of sulfonamides is 1. The van der Waals surface area contributed by atoms with Gasteiger partial charge in [0.1, 0.15) is 5.51 Å². The Labute approximate surface area is 112 Å². The number of primary sulfonamides is 1. The standard InChI is InChI=1S/C9H10N4O2S3/c1-5-7(17-9-13-12-4-16-9)2-6(10)3-8(5)18(11,14)15/h2-4H,10H2,1H3,(H2,11,14,15). The van der Waals surface area contributed by atoms with Gasteiger partial charge >= 0.3 is 0 Å². The van der Waals surface area contributed by atoms with E-state index in [0.29, 0.717) is 20.5 Å². The zero-order valence-electron chi connectivity index (χ0n) is 9.32. The number of nitrogens with zero attached hydrogens (tertiary/aromatic N) is 2. The van der Waals surface area contributed by atoms with Crippen molar-refractivity contribution in [3.05, 3.63) is 23.2 Å². The topological polar surface area (TPSA) is 112 Å². The Hall–Kier alpha value is -1.16. The Morgan fingerprint density at radius 2 is 2.11 bits per heavy atom. The van der Waals surface area contributed by atoms with E-state index >= 15 is 0 Å². The Balaban J connectivity index is 2.52. The van der Waals surface area contributed by atoms with E-state index in [-0.39, 0.29) is 4.90 Å². The zero-order chi connectivity index (χ0) is 13.3. The molecule has 0 spiro atoms. The summed E-state index contributed by atoms with van der Waals surface area (Å²) in [6.07, 6.45) is 0. The molecule has 1 aromatic heterocycles. The van der Waals surface area contributed by atoms with Crippen molar-refractivity contribution in [1.29, 1.82) is 0 Å². The van der Waals surface area contributed by atoms with Gasteiger partial charge in [-0.05, 0) is 24.6 Å². The minimum Gasteiger partial charge on any atom is -0.399 e. The minimum atomic E-state index is -3.78. The van der Waals surface area contributed by atoms with Crippen LogP contribution in [-0.4, -0.2) is 18.6 Å². The quantitative estimate of drug-likeness (QED) is 0.825. The van der Waals surface area contributed by atoms with Crippen molar-refractivity contribution in [2.75, 3.05) is 5.73 Å². The highest BCUT2D eigenvalue weighted by atomic mass is 32.2. The van der Waals surface area contributed by atoms with E-state index in [4.69, 9.17) is 10.9 Å². The van der Waals surface area contributed by atoms with Crippen LogP contribution in [0.15, 0.2) is 31.8 Å². The predicted octanol–water partition coefficient (Wildman–Crippen LogP) is 1.23. The fourth-order valence-corrected chi connectivity index (χ4v) is 3.89. The highest BCUT2D eigenvalue weighted by Crippen LogP contribution is 2.35. The molecule has 1 aromatic carbocycles. The van der Waals surface area contributed by atoms with E-state index in [9.17, 15) is 8.42 Å². The molecular formula is C9H10N4O2S3. The third kappa shape index (κ3) is 2.80. The summed E-state index contributed by atoms with van der Waals surface area (Å²) in [5, 5.41) is 12.8. The van der Waals surface area contributed by atoms with Crippen LogP contribution in [-0.2, 0) is 10.0 Å². The number of hydrogen-bond donors (Lipinski definition) is 2. The van der Waals surface area contributed by atoms with Crippen molar-refractivity contribution in [3.63, 3.8) is 0 Å². The van der Waals surface area contributed by atoms with Crippen molar-refractivity contribution in [2.45, 2.75) is 21.1 Å². The molecular weight excluding hydrogens is 292 g/mol. The van der Waals surface area contributed by atoms with Gasteiger partial charge in [-0.2, -0.15) is 0 Å². The molecule has 0 unspecified atom stereocenters. The molecule has 0 aliphatic rings. The van der Waals surface area contributed by atoms with E-state index < -0.39 is 10.0 Å². The van der Waals surface area contributed by atoms with Gasteiger partial charge < -0.3 is 5.73 Å². The lowest BCUT2D eigenvalue weighted by molar-refractivity contribution is 0.597. The minimum absolute atomic E-state index is 0.0366. The molecule has 18 heavy (non-hydrogen) atoms. The SMILES string of the molecule is Cc1c(Sc2nncs2)cc(N)cc1S(N)(=O)=O. The van der Waals surface area contributed by atoms with Gasteiger partial charge in [0.15, 0.2) is 4.34 Å². The fourth-order valence-electron chi connectivity index (χ4n) is 1.39. The van der Waals surface area contributed by atoms with Crippen LogP contribution in [0.5, 0.6) is 0 Å². The van der Waals surface area contributed by atoms with Gasteiger partial charge in [0, 0.05) is 10.6 Å². The Kier molecular flexibility index (Phi) is 3.57. The second-order valence-electron chi connectivity index (χ2n) is 3.49. The number of anilines is 1. The number of nitrogens with two attached hydrogens (primary N) is 2. The summed E-state index contributed by atoms with van der Waals surface area (Å²) < 4.78 is 23.6. The lowest BCUT2D eigenvalue weighted by Gasteiger charge is -2.09. The third-order valence-electron chi connectivity index (χ3n) is 2.18.